The van der Waals surface area contributed by atoms with Gasteiger partial charge in [-0.15, -0.1) is 0 Å². The average Bonchev–Trinajstić information content (AvgIpc) is 2.24. The lowest BCUT2D eigenvalue weighted by atomic mass is 10.3. The van der Waals surface area contributed by atoms with Crippen LogP contribution in [0.25, 0.3) is 0 Å². The monoisotopic (exact) mass is 301 g/mol. The third-order valence-corrected chi connectivity index (χ3v) is 3.11. The molecule has 1 heterocycles. The quantitative estimate of drug-likeness (QED) is 0.908. The van der Waals surface area contributed by atoms with Crippen molar-refractivity contribution < 1.29 is 4.79 Å². The topological polar surface area (TPSA) is 68.3 Å². The number of aromatic nitrogens is 1. The number of rotatable bonds is 3. The molecule has 6 heteroatoms. The molecule has 94 valence electrons. The Bertz CT molecular complexity index is 456. The van der Waals surface area contributed by atoms with Crippen molar-refractivity contribution in [3.8, 4) is 0 Å². The van der Waals surface area contributed by atoms with Gasteiger partial charge in [0, 0.05) is 25.5 Å². The summed E-state index contributed by atoms with van der Waals surface area (Å²) in [6, 6.07) is 0.141. The van der Waals surface area contributed by atoms with Gasteiger partial charge in [0.15, 0.2) is 0 Å². The summed E-state index contributed by atoms with van der Waals surface area (Å²) in [4.78, 5) is 24.8. The number of nitrogens with two attached hydrogens (primary N) is 1. The van der Waals surface area contributed by atoms with Crippen LogP contribution in [0.3, 0.4) is 0 Å². The van der Waals surface area contributed by atoms with E-state index >= 15 is 0 Å². The molecule has 0 radical (unpaired) electrons. The van der Waals surface area contributed by atoms with Gasteiger partial charge >= 0.3 is 0 Å². The predicted molar refractivity (Wildman–Crippen MR) is 70.7 cm³/mol. The highest BCUT2D eigenvalue weighted by Gasteiger charge is 2.12. The fourth-order valence-corrected chi connectivity index (χ4v) is 1.76. The highest BCUT2D eigenvalue weighted by Crippen LogP contribution is 2.07. The third-order valence-electron chi connectivity index (χ3n) is 2.55. The maximum absolute atomic E-state index is 11.8. The molecule has 1 aromatic rings. The molecule has 1 rings (SSSR count). The predicted octanol–water partition coefficient (Wildman–Crippen LogP) is 1.06. The molecule has 0 aliphatic rings. The van der Waals surface area contributed by atoms with Crippen LogP contribution < -0.4 is 11.2 Å². The van der Waals surface area contributed by atoms with Gasteiger partial charge in [0.25, 0.3) is 0 Å². The third kappa shape index (κ3) is 3.33. The van der Waals surface area contributed by atoms with E-state index in [0.29, 0.717) is 4.47 Å². The first-order valence-corrected chi connectivity index (χ1v) is 6.03. The molecule has 0 saturated heterocycles. The zero-order chi connectivity index (χ0) is 13.2. The van der Waals surface area contributed by atoms with E-state index in [1.54, 1.807) is 22.7 Å². The number of hydrogen-bond acceptors (Lipinski definition) is 3. The van der Waals surface area contributed by atoms with E-state index in [2.05, 4.69) is 15.9 Å². The van der Waals surface area contributed by atoms with Gasteiger partial charge < -0.3 is 15.2 Å². The number of amides is 1. The van der Waals surface area contributed by atoms with E-state index in [1.807, 2.05) is 13.8 Å². The van der Waals surface area contributed by atoms with Crippen LogP contribution in [0.4, 0.5) is 5.69 Å². The largest absolute Gasteiger partial charge is 0.394 e. The number of hydrogen-bond donors (Lipinski definition) is 1. The molecule has 0 aromatic carbocycles. The lowest BCUT2D eigenvalue weighted by molar-refractivity contribution is -0.132. The van der Waals surface area contributed by atoms with Crippen LogP contribution >= 0.6 is 15.9 Å². The Morgan fingerprint density at radius 3 is 2.59 bits per heavy atom. The number of nitrogens with zero attached hydrogens (tertiary/aromatic N) is 2. The summed E-state index contributed by atoms with van der Waals surface area (Å²) in [6.07, 6.45) is 3.03. The molecule has 17 heavy (non-hydrogen) atoms. The van der Waals surface area contributed by atoms with Crippen LogP contribution in [-0.2, 0) is 11.3 Å². The number of nitrogen functional groups attached to an aromatic ring is 1. The minimum Gasteiger partial charge on any atom is -0.394 e. The number of pyridine rings is 1. The molecule has 0 saturated carbocycles. The Kier molecular flexibility index (Phi) is 4.34. The summed E-state index contributed by atoms with van der Waals surface area (Å²) in [5.74, 6) is -0.0325. The van der Waals surface area contributed by atoms with Gasteiger partial charge in [0.2, 0.25) is 11.3 Å². The summed E-state index contributed by atoms with van der Waals surface area (Å²) in [7, 11) is 1.74. The summed E-state index contributed by atoms with van der Waals surface area (Å²) in [5.41, 5.74) is 5.41. The van der Waals surface area contributed by atoms with Crippen LogP contribution in [0.5, 0.6) is 0 Å². The number of anilines is 1. The maximum atomic E-state index is 11.8. The molecule has 0 atom stereocenters. The number of halogens is 1. The first kappa shape index (κ1) is 13.8. The Morgan fingerprint density at radius 1 is 1.53 bits per heavy atom. The molecule has 0 aliphatic carbocycles. The summed E-state index contributed by atoms with van der Waals surface area (Å²) in [5, 5.41) is 0. The Morgan fingerprint density at radius 2 is 2.12 bits per heavy atom. The van der Waals surface area contributed by atoms with Gasteiger partial charge in [-0.1, -0.05) is 0 Å². The van der Waals surface area contributed by atoms with Crippen molar-refractivity contribution in [2.45, 2.75) is 26.4 Å². The fraction of sp³-hybridized carbons (Fsp3) is 0.455. The van der Waals surface area contributed by atoms with Gasteiger partial charge in [0.1, 0.15) is 6.54 Å². The Hall–Kier alpha value is -1.30. The minimum absolute atomic E-state index is 0.0325. The second kappa shape index (κ2) is 5.35. The molecule has 5 nitrogen and oxygen atoms in total. The average molecular weight is 302 g/mol. The van der Waals surface area contributed by atoms with Crippen molar-refractivity contribution in [3.05, 3.63) is 27.1 Å². The normalized spacial score (nSPS) is 10.6. The molecular weight excluding hydrogens is 286 g/mol. The van der Waals surface area contributed by atoms with Crippen molar-refractivity contribution >= 4 is 27.5 Å². The second-order valence-corrected chi connectivity index (χ2v) is 5.02. The van der Waals surface area contributed by atoms with Crippen molar-refractivity contribution in [2.75, 3.05) is 12.8 Å². The summed E-state index contributed by atoms with van der Waals surface area (Å²) in [6.45, 7) is 4.04. The van der Waals surface area contributed by atoms with Crippen molar-refractivity contribution in [1.29, 1.82) is 0 Å². The van der Waals surface area contributed by atoms with Gasteiger partial charge in [-0.05, 0) is 29.8 Å². The number of carbonyl (C=O) groups excluding carboxylic acids is 1. The number of carbonyl (C=O) groups is 1. The fourth-order valence-electron chi connectivity index (χ4n) is 1.26. The van der Waals surface area contributed by atoms with E-state index < -0.39 is 0 Å². The van der Waals surface area contributed by atoms with Crippen molar-refractivity contribution in [3.63, 3.8) is 0 Å². The van der Waals surface area contributed by atoms with E-state index in [9.17, 15) is 9.59 Å². The number of likely N-dealkylation sites (N-methyl/N-ethyl adjacent to an activating group) is 1. The first-order chi connectivity index (χ1) is 7.82. The van der Waals surface area contributed by atoms with Crippen LogP contribution in [-0.4, -0.2) is 28.5 Å². The van der Waals surface area contributed by atoms with Gasteiger partial charge in [-0.25, -0.2) is 0 Å². The maximum Gasteiger partial charge on any atom is 0.242 e. The molecule has 0 bridgehead atoms. The smallest absolute Gasteiger partial charge is 0.242 e. The van der Waals surface area contributed by atoms with Crippen LogP contribution in [0.2, 0.25) is 0 Å². The standard InChI is InChI=1S/C11H16BrN3O2/c1-7(2)14(3)10(16)6-15-4-8(12)11(17)9(13)5-15/h4-5,7H,6,13H2,1-3H3. The molecule has 1 amide bonds. The van der Waals surface area contributed by atoms with Crippen LogP contribution in [0.15, 0.2) is 21.7 Å². The SMILES string of the molecule is CC(C)N(C)C(=O)Cn1cc(N)c(=O)c(Br)c1. The zero-order valence-electron chi connectivity index (χ0n) is 10.1. The lowest BCUT2D eigenvalue weighted by Gasteiger charge is -2.22. The molecule has 0 aliphatic heterocycles. The Labute approximate surface area is 108 Å². The summed E-state index contributed by atoms with van der Waals surface area (Å²) >= 11 is 3.11. The second-order valence-electron chi connectivity index (χ2n) is 4.16. The highest BCUT2D eigenvalue weighted by atomic mass is 79.9. The molecule has 0 spiro atoms. The summed E-state index contributed by atoms with van der Waals surface area (Å²) < 4.78 is 1.96. The zero-order valence-corrected chi connectivity index (χ0v) is 11.7. The van der Waals surface area contributed by atoms with Gasteiger partial charge in [0.05, 0.1) is 10.2 Å². The van der Waals surface area contributed by atoms with Gasteiger partial charge in [-0.2, -0.15) is 0 Å². The molecule has 1 aromatic heterocycles. The molecule has 0 fully saturated rings. The first-order valence-electron chi connectivity index (χ1n) is 5.23. The molecule has 2 N–H and O–H groups in total. The van der Waals surface area contributed by atoms with Crippen LogP contribution in [0, 0.1) is 0 Å². The Balaban J connectivity index is 2.90. The van der Waals surface area contributed by atoms with Crippen molar-refractivity contribution in [2.24, 2.45) is 0 Å². The van der Waals surface area contributed by atoms with E-state index in [4.69, 9.17) is 5.73 Å². The van der Waals surface area contributed by atoms with E-state index in [1.165, 1.54) is 6.20 Å². The van der Waals surface area contributed by atoms with Crippen LogP contribution in [0.1, 0.15) is 13.8 Å². The molecule has 0 unspecified atom stereocenters. The molecular formula is C11H16BrN3O2. The van der Waals surface area contributed by atoms with Crippen molar-refractivity contribution in [1.82, 2.24) is 9.47 Å². The minimum atomic E-state index is -0.258. The lowest BCUT2D eigenvalue weighted by Crippen LogP contribution is -2.35. The van der Waals surface area contributed by atoms with E-state index in [0.717, 1.165) is 0 Å². The highest BCUT2D eigenvalue weighted by molar-refractivity contribution is 9.10. The van der Waals surface area contributed by atoms with E-state index in [-0.39, 0.29) is 29.6 Å². The van der Waals surface area contributed by atoms with Gasteiger partial charge in [-0.3, -0.25) is 9.59 Å².